The fourth-order valence-electron chi connectivity index (χ4n) is 3.05. The van der Waals surface area contributed by atoms with Crippen LogP contribution in [0.1, 0.15) is 33.1 Å². The van der Waals surface area contributed by atoms with Crippen molar-refractivity contribution in [2.24, 2.45) is 11.8 Å². The van der Waals surface area contributed by atoms with E-state index in [1.54, 1.807) is 0 Å². The summed E-state index contributed by atoms with van der Waals surface area (Å²) in [6.07, 6.45) is 4.18. The first-order valence-corrected chi connectivity index (χ1v) is 7.29. The number of nitrogens with zero attached hydrogens (tertiary/aromatic N) is 1. The van der Waals surface area contributed by atoms with Crippen molar-refractivity contribution in [3.05, 3.63) is 0 Å². The van der Waals surface area contributed by atoms with Gasteiger partial charge in [-0.3, -0.25) is 4.90 Å². The molecule has 2 aliphatic rings. The van der Waals surface area contributed by atoms with Crippen molar-refractivity contribution in [2.75, 3.05) is 39.4 Å². The molecule has 1 saturated carbocycles. The summed E-state index contributed by atoms with van der Waals surface area (Å²) in [6.45, 7) is 11.2. The first-order valence-electron chi connectivity index (χ1n) is 7.29. The second kappa shape index (κ2) is 6.72. The molecule has 3 atom stereocenters. The molecule has 0 radical (unpaired) electrons. The minimum Gasteiger partial charge on any atom is -0.379 e. The van der Waals surface area contributed by atoms with Gasteiger partial charge >= 0.3 is 0 Å². The minimum absolute atomic E-state index is 0.750. The fraction of sp³-hybridized carbons (Fsp3) is 1.00. The summed E-state index contributed by atoms with van der Waals surface area (Å²) >= 11 is 0. The molecule has 0 bridgehead atoms. The van der Waals surface area contributed by atoms with Crippen molar-refractivity contribution >= 4 is 0 Å². The molecular weight excluding hydrogens is 212 g/mol. The molecule has 0 aromatic heterocycles. The Hall–Kier alpha value is -0.120. The van der Waals surface area contributed by atoms with E-state index >= 15 is 0 Å². The second-order valence-corrected chi connectivity index (χ2v) is 5.91. The van der Waals surface area contributed by atoms with E-state index in [0.29, 0.717) is 0 Å². The Bertz CT molecular complexity index is 216. The SMILES string of the molecule is CC1CCC(C)C(NCCN2CCOCC2)C1. The minimum atomic E-state index is 0.750. The molecule has 0 aromatic rings. The van der Waals surface area contributed by atoms with Crippen LogP contribution in [-0.2, 0) is 4.74 Å². The highest BCUT2D eigenvalue weighted by Gasteiger charge is 2.24. The third-order valence-corrected chi connectivity index (χ3v) is 4.40. The largest absolute Gasteiger partial charge is 0.379 e. The van der Waals surface area contributed by atoms with Gasteiger partial charge in [-0.2, -0.15) is 0 Å². The molecule has 1 aliphatic heterocycles. The maximum atomic E-state index is 5.37. The summed E-state index contributed by atoms with van der Waals surface area (Å²) < 4.78 is 5.37. The van der Waals surface area contributed by atoms with Gasteiger partial charge in [-0.15, -0.1) is 0 Å². The molecular formula is C14H28N2O. The van der Waals surface area contributed by atoms with Crippen LogP contribution in [0.3, 0.4) is 0 Å². The summed E-state index contributed by atoms with van der Waals surface area (Å²) in [4.78, 5) is 2.51. The van der Waals surface area contributed by atoms with Crippen LogP contribution in [0.2, 0.25) is 0 Å². The lowest BCUT2D eigenvalue weighted by Gasteiger charge is -2.34. The van der Waals surface area contributed by atoms with Gasteiger partial charge in [0.2, 0.25) is 0 Å². The zero-order valence-electron chi connectivity index (χ0n) is 11.5. The summed E-state index contributed by atoms with van der Waals surface area (Å²) in [6, 6.07) is 0.750. The Morgan fingerprint density at radius 2 is 1.94 bits per heavy atom. The first kappa shape index (κ1) is 13.3. The van der Waals surface area contributed by atoms with Crippen LogP contribution in [0.5, 0.6) is 0 Å². The molecule has 0 spiro atoms. The summed E-state index contributed by atoms with van der Waals surface area (Å²) in [5.74, 6) is 1.77. The van der Waals surface area contributed by atoms with Gasteiger partial charge in [-0.25, -0.2) is 0 Å². The molecule has 2 rings (SSSR count). The van der Waals surface area contributed by atoms with Gasteiger partial charge in [0.15, 0.2) is 0 Å². The van der Waals surface area contributed by atoms with Crippen molar-refractivity contribution in [1.82, 2.24) is 10.2 Å². The van der Waals surface area contributed by atoms with Crippen molar-refractivity contribution in [1.29, 1.82) is 0 Å². The normalized spacial score (nSPS) is 36.0. The monoisotopic (exact) mass is 240 g/mol. The Labute approximate surface area is 106 Å². The molecule has 1 saturated heterocycles. The molecule has 3 unspecified atom stereocenters. The van der Waals surface area contributed by atoms with Crippen LogP contribution in [0, 0.1) is 11.8 Å². The van der Waals surface area contributed by atoms with E-state index in [-0.39, 0.29) is 0 Å². The molecule has 1 heterocycles. The number of nitrogens with one attached hydrogen (secondary N) is 1. The van der Waals surface area contributed by atoms with Gasteiger partial charge in [-0.1, -0.05) is 20.3 Å². The molecule has 3 nitrogen and oxygen atoms in total. The van der Waals surface area contributed by atoms with Crippen LogP contribution in [0.25, 0.3) is 0 Å². The van der Waals surface area contributed by atoms with Gasteiger partial charge < -0.3 is 10.1 Å². The van der Waals surface area contributed by atoms with E-state index in [1.807, 2.05) is 0 Å². The quantitative estimate of drug-likeness (QED) is 0.810. The zero-order chi connectivity index (χ0) is 12.1. The van der Waals surface area contributed by atoms with E-state index in [1.165, 1.54) is 25.8 Å². The third kappa shape index (κ3) is 4.23. The van der Waals surface area contributed by atoms with E-state index in [0.717, 1.165) is 50.7 Å². The predicted molar refractivity (Wildman–Crippen MR) is 71.2 cm³/mol. The van der Waals surface area contributed by atoms with Crippen molar-refractivity contribution in [3.63, 3.8) is 0 Å². The Morgan fingerprint density at radius 3 is 2.71 bits per heavy atom. The molecule has 0 amide bonds. The number of hydrogen-bond acceptors (Lipinski definition) is 3. The lowest BCUT2D eigenvalue weighted by atomic mass is 9.80. The smallest absolute Gasteiger partial charge is 0.0594 e. The average Bonchev–Trinajstić information content (AvgIpc) is 2.35. The molecule has 1 aliphatic carbocycles. The topological polar surface area (TPSA) is 24.5 Å². The highest BCUT2D eigenvalue weighted by Crippen LogP contribution is 2.28. The molecule has 0 aromatic carbocycles. The zero-order valence-corrected chi connectivity index (χ0v) is 11.5. The van der Waals surface area contributed by atoms with Crippen LogP contribution in [-0.4, -0.2) is 50.3 Å². The van der Waals surface area contributed by atoms with Crippen LogP contribution in [0.15, 0.2) is 0 Å². The Kier molecular flexibility index (Phi) is 5.26. The Morgan fingerprint density at radius 1 is 1.18 bits per heavy atom. The summed E-state index contributed by atoms with van der Waals surface area (Å²) in [5, 5.41) is 3.77. The second-order valence-electron chi connectivity index (χ2n) is 5.91. The maximum Gasteiger partial charge on any atom is 0.0594 e. The van der Waals surface area contributed by atoms with E-state index in [2.05, 4.69) is 24.1 Å². The van der Waals surface area contributed by atoms with Gasteiger partial charge in [0.1, 0.15) is 0 Å². The lowest BCUT2D eigenvalue weighted by molar-refractivity contribution is 0.0375. The molecule has 1 N–H and O–H groups in total. The van der Waals surface area contributed by atoms with E-state index in [9.17, 15) is 0 Å². The summed E-state index contributed by atoms with van der Waals surface area (Å²) in [5.41, 5.74) is 0. The van der Waals surface area contributed by atoms with Crippen molar-refractivity contribution < 1.29 is 4.74 Å². The van der Waals surface area contributed by atoms with E-state index in [4.69, 9.17) is 4.74 Å². The number of hydrogen-bond donors (Lipinski definition) is 1. The number of rotatable bonds is 4. The molecule has 100 valence electrons. The average molecular weight is 240 g/mol. The predicted octanol–water partition coefficient (Wildman–Crippen LogP) is 1.73. The fourth-order valence-corrected chi connectivity index (χ4v) is 3.05. The first-order chi connectivity index (χ1) is 8.25. The maximum absolute atomic E-state index is 5.37. The number of ether oxygens (including phenoxy) is 1. The Balaban J connectivity index is 1.63. The number of morpholine rings is 1. The van der Waals surface area contributed by atoms with Crippen LogP contribution >= 0.6 is 0 Å². The van der Waals surface area contributed by atoms with E-state index < -0.39 is 0 Å². The van der Waals surface area contributed by atoms with Crippen LogP contribution in [0.4, 0.5) is 0 Å². The highest BCUT2D eigenvalue weighted by molar-refractivity contribution is 4.81. The van der Waals surface area contributed by atoms with Crippen LogP contribution < -0.4 is 5.32 Å². The third-order valence-electron chi connectivity index (χ3n) is 4.40. The highest BCUT2D eigenvalue weighted by atomic mass is 16.5. The lowest BCUT2D eigenvalue weighted by Crippen LogP contribution is -2.45. The van der Waals surface area contributed by atoms with Crippen molar-refractivity contribution in [3.8, 4) is 0 Å². The summed E-state index contributed by atoms with van der Waals surface area (Å²) in [7, 11) is 0. The van der Waals surface area contributed by atoms with Gasteiger partial charge in [0.05, 0.1) is 13.2 Å². The standard InChI is InChI=1S/C14H28N2O/c1-12-3-4-13(2)14(11-12)15-5-6-16-7-9-17-10-8-16/h12-15H,3-11H2,1-2H3. The van der Waals surface area contributed by atoms with Gasteiger partial charge in [0.25, 0.3) is 0 Å². The van der Waals surface area contributed by atoms with Crippen molar-refractivity contribution in [2.45, 2.75) is 39.2 Å². The molecule has 3 heteroatoms. The van der Waals surface area contributed by atoms with Gasteiger partial charge in [-0.05, 0) is 24.7 Å². The molecule has 17 heavy (non-hydrogen) atoms. The molecule has 2 fully saturated rings. The van der Waals surface area contributed by atoms with Gasteiger partial charge in [0, 0.05) is 32.2 Å².